The number of hydrogen-bond donors (Lipinski definition) is 1. The minimum absolute atomic E-state index is 0.0490. The van der Waals surface area contributed by atoms with Gasteiger partial charge in [-0.15, -0.1) is 0 Å². The first-order valence-corrected chi connectivity index (χ1v) is 11.7. The number of benzene rings is 2. The number of halogens is 1. The summed E-state index contributed by atoms with van der Waals surface area (Å²) in [4.78, 5) is 36.4. The molecule has 0 unspecified atom stereocenters. The Morgan fingerprint density at radius 3 is 2.56 bits per heavy atom. The Kier molecular flexibility index (Phi) is 7.53. The minimum atomic E-state index is -0.619. The van der Waals surface area contributed by atoms with E-state index in [1.165, 1.54) is 6.07 Å². The van der Waals surface area contributed by atoms with Crippen molar-refractivity contribution in [1.29, 1.82) is 0 Å². The molecule has 0 aliphatic heterocycles. The predicted molar refractivity (Wildman–Crippen MR) is 128 cm³/mol. The summed E-state index contributed by atoms with van der Waals surface area (Å²) in [6, 6.07) is 14.4. The number of hydrogen-bond acceptors (Lipinski definition) is 6. The van der Waals surface area contributed by atoms with E-state index in [0.29, 0.717) is 41.7 Å². The highest BCUT2D eigenvalue weighted by atomic mass is 35.5. The first-order chi connectivity index (χ1) is 16.4. The van der Waals surface area contributed by atoms with Gasteiger partial charge in [0.1, 0.15) is 23.0 Å². The van der Waals surface area contributed by atoms with Crippen LogP contribution in [-0.4, -0.2) is 18.6 Å². The molecule has 0 saturated heterocycles. The standard InChI is InChI=1S/C26H26ClNO6/c1-16-21-12-11-20(13-22(21)34-25(30)23(16)27)33-24(29)19-9-7-17(8-10-19)14-28-26(31)32-15-18-5-3-2-4-6-18/h2-6,11-13,17,19H,7-10,14-15H2,1H3,(H,28,31). The van der Waals surface area contributed by atoms with Crippen LogP contribution >= 0.6 is 11.6 Å². The Bertz CT molecular complexity index is 1230. The van der Waals surface area contributed by atoms with Crippen molar-refractivity contribution in [3.63, 3.8) is 0 Å². The molecule has 178 valence electrons. The minimum Gasteiger partial charge on any atom is -0.445 e. The van der Waals surface area contributed by atoms with Crippen molar-refractivity contribution in [2.45, 2.75) is 39.2 Å². The largest absolute Gasteiger partial charge is 0.445 e. The van der Waals surface area contributed by atoms with Crippen LogP contribution in [0.1, 0.15) is 36.8 Å². The van der Waals surface area contributed by atoms with E-state index in [4.69, 9.17) is 25.5 Å². The fourth-order valence-electron chi connectivity index (χ4n) is 4.18. The molecule has 1 aliphatic rings. The van der Waals surface area contributed by atoms with Crippen LogP contribution < -0.4 is 15.7 Å². The number of carbonyl (C=O) groups is 2. The quantitative estimate of drug-likeness (QED) is 0.287. The van der Waals surface area contributed by atoms with Crippen LogP contribution in [0.3, 0.4) is 0 Å². The van der Waals surface area contributed by atoms with Gasteiger partial charge in [0.2, 0.25) is 0 Å². The summed E-state index contributed by atoms with van der Waals surface area (Å²) in [6.07, 6.45) is 2.54. The van der Waals surface area contributed by atoms with E-state index in [1.54, 1.807) is 19.1 Å². The highest BCUT2D eigenvalue weighted by Gasteiger charge is 2.28. The Morgan fingerprint density at radius 2 is 1.82 bits per heavy atom. The Balaban J connectivity index is 1.23. The van der Waals surface area contributed by atoms with E-state index in [1.807, 2.05) is 30.3 Å². The molecule has 1 amide bonds. The zero-order valence-electron chi connectivity index (χ0n) is 18.8. The molecule has 3 aromatic rings. The number of ether oxygens (including phenoxy) is 2. The molecule has 0 atom stereocenters. The molecule has 0 radical (unpaired) electrons. The van der Waals surface area contributed by atoms with Crippen LogP contribution in [0, 0.1) is 18.8 Å². The van der Waals surface area contributed by atoms with Crippen molar-refractivity contribution < 1.29 is 23.5 Å². The van der Waals surface area contributed by atoms with E-state index in [9.17, 15) is 14.4 Å². The smallest absolute Gasteiger partial charge is 0.407 e. The number of rotatable bonds is 6. The molecule has 1 fully saturated rings. The van der Waals surface area contributed by atoms with Gasteiger partial charge in [-0.1, -0.05) is 41.9 Å². The van der Waals surface area contributed by atoms with Gasteiger partial charge < -0.3 is 19.2 Å². The summed E-state index contributed by atoms with van der Waals surface area (Å²) in [6.45, 7) is 2.49. The topological polar surface area (TPSA) is 94.8 Å². The maximum absolute atomic E-state index is 12.7. The third-order valence-electron chi connectivity index (χ3n) is 6.21. The van der Waals surface area contributed by atoms with Gasteiger partial charge >= 0.3 is 17.7 Å². The lowest BCUT2D eigenvalue weighted by Crippen LogP contribution is -2.33. The molecule has 1 aromatic heterocycles. The average Bonchev–Trinajstić information content (AvgIpc) is 2.85. The average molecular weight is 484 g/mol. The van der Waals surface area contributed by atoms with E-state index >= 15 is 0 Å². The van der Waals surface area contributed by atoms with Gasteiger partial charge in [-0.25, -0.2) is 9.59 Å². The number of esters is 1. The molecule has 2 aromatic carbocycles. The molecule has 0 spiro atoms. The Hall–Kier alpha value is -3.32. The van der Waals surface area contributed by atoms with Gasteiger partial charge in [0.05, 0.1) is 5.92 Å². The molecule has 1 heterocycles. The second-order valence-electron chi connectivity index (χ2n) is 8.57. The van der Waals surface area contributed by atoms with E-state index < -0.39 is 11.7 Å². The monoisotopic (exact) mass is 483 g/mol. The van der Waals surface area contributed by atoms with Gasteiger partial charge in [0.15, 0.2) is 0 Å². The SMILES string of the molecule is Cc1c(Cl)c(=O)oc2cc(OC(=O)C3CCC(CNC(=O)OCc4ccccc4)CC3)ccc12. The molecular formula is C26H26ClNO6. The summed E-state index contributed by atoms with van der Waals surface area (Å²) in [5.41, 5.74) is 1.27. The highest BCUT2D eigenvalue weighted by Crippen LogP contribution is 2.31. The van der Waals surface area contributed by atoms with E-state index in [0.717, 1.165) is 18.4 Å². The lowest BCUT2D eigenvalue weighted by Gasteiger charge is -2.27. The number of aryl methyl sites for hydroxylation is 1. The molecule has 1 aliphatic carbocycles. The van der Waals surface area contributed by atoms with E-state index in [-0.39, 0.29) is 29.4 Å². The summed E-state index contributed by atoms with van der Waals surface area (Å²) < 4.78 is 16.0. The second kappa shape index (κ2) is 10.7. The maximum Gasteiger partial charge on any atom is 0.407 e. The summed E-state index contributed by atoms with van der Waals surface area (Å²) in [7, 11) is 0. The Labute approximate surface area is 202 Å². The summed E-state index contributed by atoms with van der Waals surface area (Å²) >= 11 is 5.95. The van der Waals surface area contributed by atoms with Gasteiger partial charge in [-0.2, -0.15) is 0 Å². The number of fused-ring (bicyclic) bond motifs is 1. The second-order valence-corrected chi connectivity index (χ2v) is 8.95. The first-order valence-electron chi connectivity index (χ1n) is 11.3. The molecule has 8 heteroatoms. The van der Waals surface area contributed by atoms with Crippen LogP contribution in [0.4, 0.5) is 4.79 Å². The van der Waals surface area contributed by atoms with Crippen molar-refractivity contribution in [2.75, 3.05) is 6.54 Å². The molecule has 4 rings (SSSR count). The van der Waals surface area contributed by atoms with Crippen molar-refractivity contribution >= 4 is 34.6 Å². The highest BCUT2D eigenvalue weighted by molar-refractivity contribution is 6.31. The molecule has 34 heavy (non-hydrogen) atoms. The molecule has 1 N–H and O–H groups in total. The normalized spacial score (nSPS) is 17.8. The van der Waals surface area contributed by atoms with Crippen LogP contribution in [0.5, 0.6) is 5.75 Å². The van der Waals surface area contributed by atoms with Gasteiger partial charge in [-0.3, -0.25) is 4.79 Å². The summed E-state index contributed by atoms with van der Waals surface area (Å²) in [5, 5.41) is 3.56. The van der Waals surface area contributed by atoms with Crippen LogP contribution in [0.15, 0.2) is 57.7 Å². The van der Waals surface area contributed by atoms with Crippen molar-refractivity contribution in [2.24, 2.45) is 11.8 Å². The van der Waals surface area contributed by atoms with E-state index in [2.05, 4.69) is 5.32 Å². The van der Waals surface area contributed by atoms with Crippen molar-refractivity contribution in [3.05, 3.63) is 75.1 Å². The third-order valence-corrected chi connectivity index (χ3v) is 6.65. The molecule has 7 nitrogen and oxygen atoms in total. The van der Waals surface area contributed by atoms with Gasteiger partial charge in [0, 0.05) is 18.0 Å². The number of nitrogens with one attached hydrogen (secondary N) is 1. The lowest BCUT2D eigenvalue weighted by atomic mass is 9.82. The zero-order chi connectivity index (χ0) is 24.1. The molecular weight excluding hydrogens is 458 g/mol. The van der Waals surface area contributed by atoms with Crippen LogP contribution in [0.25, 0.3) is 11.0 Å². The van der Waals surface area contributed by atoms with Crippen molar-refractivity contribution in [1.82, 2.24) is 5.32 Å². The molecule has 0 bridgehead atoms. The zero-order valence-corrected chi connectivity index (χ0v) is 19.6. The molecule has 1 saturated carbocycles. The number of amides is 1. The lowest BCUT2D eigenvalue weighted by molar-refractivity contribution is -0.140. The predicted octanol–water partition coefficient (Wildman–Crippen LogP) is 5.39. The fraction of sp³-hybridized carbons (Fsp3) is 0.346. The Morgan fingerprint density at radius 1 is 1.09 bits per heavy atom. The fourth-order valence-corrected chi connectivity index (χ4v) is 4.32. The summed E-state index contributed by atoms with van der Waals surface area (Å²) in [5.74, 6) is 0.0975. The van der Waals surface area contributed by atoms with Crippen LogP contribution in [0.2, 0.25) is 5.02 Å². The maximum atomic E-state index is 12.7. The van der Waals surface area contributed by atoms with Gasteiger partial charge in [0.25, 0.3) is 0 Å². The van der Waals surface area contributed by atoms with Crippen LogP contribution in [-0.2, 0) is 16.1 Å². The first kappa shape index (κ1) is 23.8. The third kappa shape index (κ3) is 5.78. The van der Waals surface area contributed by atoms with Gasteiger partial charge in [-0.05, 0) is 61.8 Å². The number of alkyl carbamates (subject to hydrolysis) is 1. The number of carbonyl (C=O) groups excluding carboxylic acids is 2. The van der Waals surface area contributed by atoms with Crippen molar-refractivity contribution in [3.8, 4) is 5.75 Å².